The van der Waals surface area contributed by atoms with Crippen LogP contribution in [0.4, 0.5) is 11.6 Å². The van der Waals surface area contributed by atoms with Crippen molar-refractivity contribution in [3.8, 4) is 0 Å². The molecule has 0 unspecified atom stereocenters. The average Bonchev–Trinajstić information content (AvgIpc) is 3.82. The summed E-state index contributed by atoms with van der Waals surface area (Å²) in [5, 5.41) is 4.43. The lowest BCUT2D eigenvalue weighted by Crippen LogP contribution is -2.71. The van der Waals surface area contributed by atoms with Gasteiger partial charge in [0.1, 0.15) is 0 Å². The fourth-order valence-electron chi connectivity index (χ4n) is 9.16. The Kier molecular flexibility index (Phi) is 4.52. The summed E-state index contributed by atoms with van der Waals surface area (Å²) in [5.41, 5.74) is 11.4. The van der Waals surface area contributed by atoms with Crippen molar-refractivity contribution < 1.29 is 9.15 Å². The Morgan fingerprint density at radius 3 is 1.84 bits per heavy atom. The quantitative estimate of drug-likeness (QED) is 0.206. The van der Waals surface area contributed by atoms with Gasteiger partial charge >= 0.3 is 5.91 Å². The molecule has 49 heavy (non-hydrogen) atoms. The van der Waals surface area contributed by atoms with Gasteiger partial charge in [0, 0.05) is 21.5 Å². The lowest BCUT2D eigenvalue weighted by Gasteiger charge is -2.40. The van der Waals surface area contributed by atoms with E-state index in [4.69, 9.17) is 20.0 Å². The van der Waals surface area contributed by atoms with E-state index in [-0.39, 0.29) is 0 Å². The van der Waals surface area contributed by atoms with E-state index in [0.717, 1.165) is 115 Å². The maximum absolute atomic E-state index is 5.62. The van der Waals surface area contributed by atoms with E-state index in [9.17, 15) is 0 Å². The van der Waals surface area contributed by atoms with Gasteiger partial charge in [-0.25, -0.2) is 0 Å². The molecular formula is C41H32N8+2. The smallest absolute Gasteiger partial charge is 0.192 e. The van der Waals surface area contributed by atoms with Crippen molar-refractivity contribution in [1.82, 2.24) is 9.13 Å². The van der Waals surface area contributed by atoms with Crippen molar-refractivity contribution in [1.29, 1.82) is 0 Å². The first-order valence-electron chi connectivity index (χ1n) is 17.5. The lowest BCUT2D eigenvalue weighted by molar-refractivity contribution is -0.790. The third-order valence-electron chi connectivity index (χ3n) is 11.4. The summed E-state index contributed by atoms with van der Waals surface area (Å²) in [6.07, 6.45) is 4.30. The van der Waals surface area contributed by atoms with E-state index >= 15 is 0 Å². The number of aliphatic imine (C=N–C) groups is 2. The molecule has 6 aromatic rings. The Bertz CT molecular complexity index is 2920. The van der Waals surface area contributed by atoms with Gasteiger partial charge in [-0.3, -0.25) is 0 Å². The maximum atomic E-state index is 5.62. The molecule has 0 saturated heterocycles. The number of hydrogen-bond donors (Lipinski definition) is 0. The monoisotopic (exact) mass is 636 g/mol. The highest BCUT2D eigenvalue weighted by Gasteiger charge is 2.69. The number of benzene rings is 4. The highest BCUT2D eigenvalue weighted by atomic mass is 15.7. The third kappa shape index (κ3) is 2.80. The second-order valence-electron chi connectivity index (χ2n) is 14.3. The SMILES string of the molecule is CCCCc1ccc2c(c1)C1=Nc3c4cc(C)ccc4c4n3[C@@]35n6c(c7ccc(C)cc7c6=NC2=[N+]13)=NC1=[N+]5C(=N4)c2cc(CC)ccc21. The maximum Gasteiger partial charge on any atom is 0.404 e. The van der Waals surface area contributed by atoms with Gasteiger partial charge in [-0.1, -0.05) is 75.6 Å². The van der Waals surface area contributed by atoms with Crippen molar-refractivity contribution in [2.75, 3.05) is 0 Å². The van der Waals surface area contributed by atoms with Crippen LogP contribution >= 0.6 is 0 Å². The molecule has 0 fully saturated rings. The second-order valence-corrected chi connectivity index (χ2v) is 14.3. The molecule has 1 spiro atoms. The number of aryl methyl sites for hydroxylation is 4. The molecule has 1 atom stereocenters. The van der Waals surface area contributed by atoms with Crippen LogP contribution < -0.4 is 11.0 Å². The predicted molar refractivity (Wildman–Crippen MR) is 191 cm³/mol. The standard InChI is InChI=1S/C41H32N8/c1-5-7-8-24-12-16-28-32(20-24)40-45-38-30-18-22(4)10-14-26(30)34-44-39-31-19-23(6-2)11-15-27(31)35-42-33-25-13-9-21(3)17-29(25)37-43-36(28)49(40)41(46(33)37,47(34)38)48(35)39/h9-20H,5-8H2,1-4H3/q+2/t41-/m1/s1. The van der Waals surface area contributed by atoms with E-state index in [2.05, 4.69) is 119 Å². The van der Waals surface area contributed by atoms with Gasteiger partial charge in [-0.15, -0.1) is 9.15 Å². The highest BCUT2D eigenvalue weighted by molar-refractivity contribution is 6.20. The van der Waals surface area contributed by atoms with Crippen LogP contribution in [0.2, 0.25) is 0 Å². The van der Waals surface area contributed by atoms with Crippen LogP contribution in [0.25, 0.3) is 21.5 Å². The van der Waals surface area contributed by atoms with Gasteiger partial charge < -0.3 is 0 Å². The van der Waals surface area contributed by atoms with Gasteiger partial charge in [0.15, 0.2) is 0 Å². The Labute approximate surface area is 281 Å². The molecule has 0 aliphatic carbocycles. The molecule has 2 aromatic heterocycles. The predicted octanol–water partition coefficient (Wildman–Crippen LogP) is 6.23. The second kappa shape index (κ2) is 8.44. The minimum atomic E-state index is -0.953. The van der Waals surface area contributed by atoms with Gasteiger partial charge in [-0.05, 0) is 92.8 Å². The number of amidine groups is 4. The van der Waals surface area contributed by atoms with E-state index < -0.39 is 5.91 Å². The van der Waals surface area contributed by atoms with Crippen LogP contribution in [0, 0.1) is 13.8 Å². The summed E-state index contributed by atoms with van der Waals surface area (Å²) in [5.74, 6) is 4.60. The Balaban J connectivity index is 1.34. The minimum absolute atomic E-state index is 0.916. The van der Waals surface area contributed by atoms with Gasteiger partial charge in [-0.2, -0.15) is 9.13 Å². The lowest BCUT2D eigenvalue weighted by atomic mass is 10.0. The molecule has 8 heterocycles. The first kappa shape index (κ1) is 26.2. The van der Waals surface area contributed by atoms with Crippen molar-refractivity contribution in [3.05, 3.63) is 128 Å². The van der Waals surface area contributed by atoms with E-state index in [0.29, 0.717) is 0 Å². The molecule has 12 rings (SSSR count). The molecule has 0 radical (unpaired) electrons. The molecule has 8 heteroatoms. The summed E-state index contributed by atoms with van der Waals surface area (Å²) in [4.78, 5) is 22.4. The molecule has 0 bridgehead atoms. The molecule has 6 aliphatic rings. The van der Waals surface area contributed by atoms with Gasteiger partial charge in [0.2, 0.25) is 22.6 Å². The molecule has 8 nitrogen and oxygen atoms in total. The summed E-state index contributed by atoms with van der Waals surface area (Å²) < 4.78 is 9.59. The average molecular weight is 637 g/mol. The zero-order chi connectivity index (χ0) is 32.5. The fourth-order valence-corrected chi connectivity index (χ4v) is 9.16. The summed E-state index contributed by atoms with van der Waals surface area (Å²) in [6.45, 7) is 8.79. The summed E-state index contributed by atoms with van der Waals surface area (Å²) >= 11 is 0. The van der Waals surface area contributed by atoms with Crippen molar-refractivity contribution in [3.63, 3.8) is 0 Å². The molecule has 6 aliphatic heterocycles. The van der Waals surface area contributed by atoms with Crippen molar-refractivity contribution in [2.24, 2.45) is 20.0 Å². The fraction of sp³-hybridized carbons (Fsp3) is 0.220. The topological polar surface area (TPSA) is 65.3 Å². The van der Waals surface area contributed by atoms with Gasteiger partial charge in [0.05, 0.1) is 22.3 Å². The zero-order valence-electron chi connectivity index (χ0n) is 27.8. The molecule has 0 N–H and O–H groups in total. The first-order valence-corrected chi connectivity index (χ1v) is 17.5. The molecule has 4 aromatic carbocycles. The highest BCUT2D eigenvalue weighted by Crippen LogP contribution is 2.52. The zero-order valence-corrected chi connectivity index (χ0v) is 27.8. The first-order chi connectivity index (χ1) is 24.0. The molecule has 0 saturated carbocycles. The van der Waals surface area contributed by atoms with E-state index in [1.165, 1.54) is 22.3 Å². The summed E-state index contributed by atoms with van der Waals surface area (Å²) in [7, 11) is 0. The van der Waals surface area contributed by atoms with Crippen LogP contribution in [0.1, 0.15) is 71.2 Å². The molecule has 0 amide bonds. The number of rotatable bonds is 4. The van der Waals surface area contributed by atoms with Gasteiger partial charge in [0.25, 0.3) is 23.3 Å². The number of unbranched alkanes of at least 4 members (excludes halogenated alkanes) is 1. The molecular weight excluding hydrogens is 605 g/mol. The Morgan fingerprint density at radius 1 is 0.571 bits per heavy atom. The van der Waals surface area contributed by atoms with Crippen molar-refractivity contribution in [2.45, 2.75) is 59.3 Å². The number of aromatic nitrogens is 2. The van der Waals surface area contributed by atoms with Crippen LogP contribution in [-0.2, 0) is 18.8 Å². The summed E-state index contributed by atoms with van der Waals surface area (Å²) in [6, 6.07) is 27.2. The normalized spacial score (nSPS) is 19.4. The third-order valence-corrected chi connectivity index (χ3v) is 11.4. The van der Waals surface area contributed by atoms with E-state index in [1.807, 2.05) is 0 Å². The van der Waals surface area contributed by atoms with Crippen LogP contribution in [0.5, 0.6) is 0 Å². The van der Waals surface area contributed by atoms with Crippen molar-refractivity contribution >= 4 is 56.5 Å². The van der Waals surface area contributed by atoms with E-state index in [1.54, 1.807) is 0 Å². The van der Waals surface area contributed by atoms with Crippen LogP contribution in [0.15, 0.2) is 92.8 Å². The largest absolute Gasteiger partial charge is 0.404 e. The Morgan fingerprint density at radius 2 is 1.16 bits per heavy atom. The number of nitrogens with zero attached hydrogens (tertiary/aromatic N) is 8. The minimum Gasteiger partial charge on any atom is -0.192 e. The van der Waals surface area contributed by atoms with Crippen LogP contribution in [-0.4, -0.2) is 41.6 Å². The van der Waals surface area contributed by atoms with Crippen LogP contribution in [0.3, 0.4) is 0 Å². The number of fused-ring (bicyclic) bond motifs is 12. The molecule has 234 valence electrons. The number of hydrogen-bond acceptors (Lipinski definition) is 4. The Hall–Kier alpha value is -5.76.